The van der Waals surface area contributed by atoms with Crippen molar-refractivity contribution in [3.8, 4) is 0 Å². The summed E-state index contributed by atoms with van der Waals surface area (Å²) >= 11 is 0. The fraction of sp³-hybridized carbons (Fsp3) is 0.917. The molecular weight excluding hydrogens is 204 g/mol. The number of nitrogens with one attached hydrogen (secondary N) is 2. The van der Waals surface area contributed by atoms with Crippen LogP contribution in [0.1, 0.15) is 26.7 Å². The average Bonchev–Trinajstić information content (AvgIpc) is 2.27. The molecule has 16 heavy (non-hydrogen) atoms. The topological polar surface area (TPSA) is 50.4 Å². The predicted molar refractivity (Wildman–Crippen MR) is 64.3 cm³/mol. The van der Waals surface area contributed by atoms with Gasteiger partial charge in [0.25, 0.3) is 0 Å². The van der Waals surface area contributed by atoms with Gasteiger partial charge in [-0.25, -0.2) is 0 Å². The van der Waals surface area contributed by atoms with Gasteiger partial charge in [-0.1, -0.05) is 13.8 Å². The molecule has 0 unspecified atom stereocenters. The number of hydrogen-bond acceptors (Lipinski definition) is 3. The summed E-state index contributed by atoms with van der Waals surface area (Å²) in [5.41, 5.74) is 0.107. The van der Waals surface area contributed by atoms with E-state index < -0.39 is 0 Å². The Labute approximate surface area is 98.1 Å². The number of ether oxygens (including phenoxy) is 1. The van der Waals surface area contributed by atoms with Crippen LogP contribution in [0.15, 0.2) is 0 Å². The molecule has 0 spiro atoms. The number of carbonyl (C=O) groups is 1. The lowest BCUT2D eigenvalue weighted by Crippen LogP contribution is -2.42. The van der Waals surface area contributed by atoms with Crippen molar-refractivity contribution < 1.29 is 9.53 Å². The van der Waals surface area contributed by atoms with Gasteiger partial charge in [-0.2, -0.15) is 0 Å². The summed E-state index contributed by atoms with van der Waals surface area (Å²) < 4.78 is 5.24. The lowest BCUT2D eigenvalue weighted by atomic mass is 9.92. The molecule has 0 aromatic heterocycles. The highest BCUT2D eigenvalue weighted by molar-refractivity contribution is 5.78. The third kappa shape index (κ3) is 4.49. The molecule has 0 aliphatic carbocycles. The highest BCUT2D eigenvalue weighted by Crippen LogP contribution is 2.16. The molecule has 1 saturated heterocycles. The molecule has 0 aromatic carbocycles. The van der Waals surface area contributed by atoms with Crippen LogP contribution in [0.2, 0.25) is 0 Å². The van der Waals surface area contributed by atoms with Gasteiger partial charge in [0.1, 0.15) is 0 Å². The normalized spacial score (nSPS) is 18.4. The standard InChI is InChI=1S/C12H24N2O2/c1-12(2,8-13-3)9-14-11(15)10-4-6-16-7-5-10/h10,13H,4-9H2,1-3H3,(H,14,15). The minimum absolute atomic E-state index is 0.107. The first kappa shape index (κ1) is 13.5. The summed E-state index contributed by atoms with van der Waals surface area (Å²) in [6.07, 6.45) is 1.72. The average molecular weight is 228 g/mol. The van der Waals surface area contributed by atoms with Crippen LogP contribution in [0.25, 0.3) is 0 Å². The van der Waals surface area contributed by atoms with Gasteiger partial charge < -0.3 is 15.4 Å². The van der Waals surface area contributed by atoms with Crippen molar-refractivity contribution in [2.75, 3.05) is 33.4 Å². The van der Waals surface area contributed by atoms with Crippen LogP contribution in [0.5, 0.6) is 0 Å². The van der Waals surface area contributed by atoms with Crippen LogP contribution in [-0.2, 0) is 9.53 Å². The van der Waals surface area contributed by atoms with Crippen LogP contribution in [0.4, 0.5) is 0 Å². The Morgan fingerprint density at radius 2 is 1.94 bits per heavy atom. The molecule has 0 atom stereocenters. The molecule has 1 amide bonds. The number of hydrogen-bond donors (Lipinski definition) is 2. The molecule has 0 bridgehead atoms. The first-order valence-corrected chi connectivity index (χ1v) is 6.05. The predicted octanol–water partition coefficient (Wildman–Crippen LogP) is 0.775. The van der Waals surface area contributed by atoms with E-state index in [-0.39, 0.29) is 17.2 Å². The summed E-state index contributed by atoms with van der Waals surface area (Å²) in [4.78, 5) is 11.9. The fourth-order valence-corrected chi connectivity index (χ4v) is 1.97. The smallest absolute Gasteiger partial charge is 0.223 e. The summed E-state index contributed by atoms with van der Waals surface area (Å²) in [5.74, 6) is 0.339. The van der Waals surface area contributed by atoms with E-state index in [9.17, 15) is 4.79 Å². The van der Waals surface area contributed by atoms with E-state index in [4.69, 9.17) is 4.74 Å². The van der Waals surface area contributed by atoms with Crippen molar-refractivity contribution in [1.82, 2.24) is 10.6 Å². The monoisotopic (exact) mass is 228 g/mol. The molecule has 0 radical (unpaired) electrons. The number of rotatable bonds is 5. The summed E-state index contributed by atoms with van der Waals surface area (Å²) in [7, 11) is 1.93. The Morgan fingerprint density at radius 3 is 2.50 bits per heavy atom. The van der Waals surface area contributed by atoms with Gasteiger partial charge in [0.2, 0.25) is 5.91 Å². The lowest BCUT2D eigenvalue weighted by molar-refractivity contribution is -0.128. The Bertz CT molecular complexity index is 223. The van der Waals surface area contributed by atoms with Gasteiger partial charge in [0.05, 0.1) is 0 Å². The van der Waals surface area contributed by atoms with E-state index in [2.05, 4.69) is 24.5 Å². The molecule has 94 valence electrons. The van der Waals surface area contributed by atoms with Gasteiger partial charge in [-0.3, -0.25) is 4.79 Å². The maximum Gasteiger partial charge on any atom is 0.223 e. The molecule has 0 aromatic rings. The fourth-order valence-electron chi connectivity index (χ4n) is 1.97. The van der Waals surface area contributed by atoms with Crippen molar-refractivity contribution in [2.24, 2.45) is 11.3 Å². The van der Waals surface area contributed by atoms with E-state index in [0.29, 0.717) is 0 Å². The van der Waals surface area contributed by atoms with E-state index in [1.54, 1.807) is 0 Å². The molecule has 1 aliphatic heterocycles. The van der Waals surface area contributed by atoms with E-state index in [1.165, 1.54) is 0 Å². The van der Waals surface area contributed by atoms with Crippen LogP contribution >= 0.6 is 0 Å². The van der Waals surface area contributed by atoms with Crippen LogP contribution in [-0.4, -0.2) is 39.3 Å². The Kier molecular flexibility index (Phi) is 5.22. The molecule has 0 saturated carbocycles. The van der Waals surface area contributed by atoms with E-state index >= 15 is 0 Å². The van der Waals surface area contributed by atoms with Crippen molar-refractivity contribution in [2.45, 2.75) is 26.7 Å². The summed E-state index contributed by atoms with van der Waals surface area (Å²) in [6, 6.07) is 0. The molecule has 1 heterocycles. The summed E-state index contributed by atoms with van der Waals surface area (Å²) in [6.45, 7) is 7.36. The van der Waals surface area contributed by atoms with Crippen LogP contribution < -0.4 is 10.6 Å². The van der Waals surface area contributed by atoms with Crippen molar-refractivity contribution in [3.05, 3.63) is 0 Å². The highest BCUT2D eigenvalue weighted by Gasteiger charge is 2.24. The molecule has 1 fully saturated rings. The maximum atomic E-state index is 11.9. The first-order valence-electron chi connectivity index (χ1n) is 6.05. The lowest BCUT2D eigenvalue weighted by Gasteiger charge is -2.27. The second-order valence-corrected chi connectivity index (χ2v) is 5.30. The Hall–Kier alpha value is -0.610. The highest BCUT2D eigenvalue weighted by atomic mass is 16.5. The van der Waals surface area contributed by atoms with Crippen molar-refractivity contribution in [1.29, 1.82) is 0 Å². The zero-order valence-electron chi connectivity index (χ0n) is 10.6. The second-order valence-electron chi connectivity index (χ2n) is 5.30. The van der Waals surface area contributed by atoms with Crippen molar-refractivity contribution >= 4 is 5.91 Å². The molecule has 4 heteroatoms. The van der Waals surface area contributed by atoms with E-state index in [0.717, 1.165) is 39.1 Å². The van der Waals surface area contributed by atoms with E-state index in [1.807, 2.05) is 7.05 Å². The largest absolute Gasteiger partial charge is 0.381 e. The van der Waals surface area contributed by atoms with Gasteiger partial charge in [-0.05, 0) is 25.3 Å². The van der Waals surface area contributed by atoms with Crippen LogP contribution in [0, 0.1) is 11.3 Å². The van der Waals surface area contributed by atoms with Gasteiger partial charge in [-0.15, -0.1) is 0 Å². The van der Waals surface area contributed by atoms with Gasteiger partial charge in [0, 0.05) is 32.2 Å². The zero-order chi connectivity index (χ0) is 12.0. The van der Waals surface area contributed by atoms with Gasteiger partial charge >= 0.3 is 0 Å². The minimum Gasteiger partial charge on any atom is -0.381 e. The molecular formula is C12H24N2O2. The SMILES string of the molecule is CNCC(C)(C)CNC(=O)C1CCOCC1. The Morgan fingerprint density at radius 1 is 1.31 bits per heavy atom. The quantitative estimate of drug-likeness (QED) is 0.731. The zero-order valence-corrected chi connectivity index (χ0v) is 10.6. The minimum atomic E-state index is 0.107. The molecule has 2 N–H and O–H groups in total. The molecule has 1 rings (SSSR count). The number of amides is 1. The Balaban J connectivity index is 2.28. The summed E-state index contributed by atoms with van der Waals surface area (Å²) in [5, 5.41) is 6.18. The maximum absolute atomic E-state index is 11.9. The third-order valence-corrected chi connectivity index (χ3v) is 2.99. The van der Waals surface area contributed by atoms with Gasteiger partial charge in [0.15, 0.2) is 0 Å². The number of carbonyl (C=O) groups excluding carboxylic acids is 1. The molecule has 1 aliphatic rings. The molecule has 4 nitrogen and oxygen atoms in total. The first-order chi connectivity index (χ1) is 7.55. The second kappa shape index (κ2) is 6.21. The third-order valence-electron chi connectivity index (χ3n) is 2.99. The van der Waals surface area contributed by atoms with Crippen molar-refractivity contribution in [3.63, 3.8) is 0 Å². The van der Waals surface area contributed by atoms with Crippen LogP contribution in [0.3, 0.4) is 0 Å².